The highest BCUT2D eigenvalue weighted by Crippen LogP contribution is 2.30. The zero-order valence-corrected chi connectivity index (χ0v) is 22.1. The molecule has 37 heavy (non-hydrogen) atoms. The molecule has 0 aliphatic carbocycles. The molecule has 2 aromatic rings. The summed E-state index contributed by atoms with van der Waals surface area (Å²) in [6.45, 7) is 6.97. The number of benzene rings is 1. The molecule has 0 radical (unpaired) electrons. The first kappa shape index (κ1) is 28.5. The van der Waals surface area contributed by atoms with E-state index in [1.807, 2.05) is 6.92 Å². The van der Waals surface area contributed by atoms with Crippen LogP contribution >= 0.6 is 0 Å². The predicted octanol–water partition coefficient (Wildman–Crippen LogP) is 2.61. The predicted molar refractivity (Wildman–Crippen MR) is 130 cm³/mol. The fourth-order valence-corrected chi connectivity index (χ4v) is 4.51. The van der Waals surface area contributed by atoms with Crippen molar-refractivity contribution in [3.63, 3.8) is 0 Å². The summed E-state index contributed by atoms with van der Waals surface area (Å²) in [5.41, 5.74) is -1.22. The second-order valence-corrected chi connectivity index (χ2v) is 11.3. The van der Waals surface area contributed by atoms with Gasteiger partial charge < -0.3 is 14.2 Å². The maximum absolute atomic E-state index is 14.6. The van der Waals surface area contributed by atoms with Gasteiger partial charge in [-0.15, -0.1) is 0 Å². The molecule has 11 nitrogen and oxygen atoms in total. The number of hydrogen-bond acceptors (Lipinski definition) is 9. The molecule has 3 atom stereocenters. The van der Waals surface area contributed by atoms with Crippen LogP contribution in [0.25, 0.3) is 0 Å². The van der Waals surface area contributed by atoms with Crippen molar-refractivity contribution in [2.45, 2.75) is 76.6 Å². The Morgan fingerprint density at radius 3 is 2.43 bits per heavy atom. The van der Waals surface area contributed by atoms with E-state index in [2.05, 4.69) is 0 Å². The second-order valence-electron chi connectivity index (χ2n) is 9.70. The Labute approximate surface area is 213 Å². The van der Waals surface area contributed by atoms with Crippen LogP contribution in [-0.4, -0.2) is 54.8 Å². The van der Waals surface area contributed by atoms with Gasteiger partial charge in [0, 0.05) is 18.2 Å². The van der Waals surface area contributed by atoms with Gasteiger partial charge in [-0.3, -0.25) is 18.1 Å². The lowest BCUT2D eigenvalue weighted by Gasteiger charge is -2.20. The SMILES string of the molecule is Cc1ccc(S(=O)(=O)OCCn2c(=O)c(C)cn(C3C[C@H](F)C(COC(=O)OC(C)(C)C)O3)c2=O)cc1. The third-order valence-electron chi connectivity index (χ3n) is 5.46. The minimum Gasteiger partial charge on any atom is -0.431 e. The maximum Gasteiger partial charge on any atom is 0.508 e. The van der Waals surface area contributed by atoms with Crippen molar-refractivity contribution in [2.75, 3.05) is 13.2 Å². The van der Waals surface area contributed by atoms with Crippen molar-refractivity contribution in [2.24, 2.45) is 0 Å². The molecule has 3 rings (SSSR count). The third-order valence-corrected chi connectivity index (χ3v) is 6.78. The van der Waals surface area contributed by atoms with E-state index in [0.29, 0.717) is 0 Å². The molecule has 0 saturated carbocycles. The Bertz CT molecular complexity index is 1340. The van der Waals surface area contributed by atoms with Gasteiger partial charge in [-0.05, 0) is 46.8 Å². The molecule has 1 saturated heterocycles. The quantitative estimate of drug-likeness (QED) is 0.365. The molecule has 1 aliphatic rings. The molecule has 1 aromatic heterocycles. The van der Waals surface area contributed by atoms with E-state index in [9.17, 15) is 27.2 Å². The fourth-order valence-electron chi connectivity index (χ4n) is 3.61. The van der Waals surface area contributed by atoms with Gasteiger partial charge in [0.1, 0.15) is 30.7 Å². The number of carbonyl (C=O) groups excluding carboxylic acids is 1. The highest BCUT2D eigenvalue weighted by molar-refractivity contribution is 7.86. The van der Waals surface area contributed by atoms with Gasteiger partial charge in [0.05, 0.1) is 18.0 Å². The normalized spacial score (nSPS) is 20.1. The Kier molecular flexibility index (Phi) is 8.60. The van der Waals surface area contributed by atoms with E-state index in [1.54, 1.807) is 32.9 Å². The summed E-state index contributed by atoms with van der Waals surface area (Å²) >= 11 is 0. The number of carbonyl (C=O) groups is 1. The van der Waals surface area contributed by atoms with Crippen LogP contribution in [0.15, 0.2) is 44.9 Å². The van der Waals surface area contributed by atoms with E-state index in [4.69, 9.17) is 18.4 Å². The summed E-state index contributed by atoms with van der Waals surface area (Å²) in [7, 11) is -4.10. The van der Waals surface area contributed by atoms with Gasteiger partial charge in [0.2, 0.25) is 0 Å². The molecule has 13 heteroatoms. The van der Waals surface area contributed by atoms with Crippen molar-refractivity contribution in [1.82, 2.24) is 9.13 Å². The minimum absolute atomic E-state index is 0.0555. The van der Waals surface area contributed by atoms with Crippen LogP contribution in [-0.2, 0) is 35.1 Å². The molecular weight excluding hydrogens is 511 g/mol. The molecule has 0 amide bonds. The van der Waals surface area contributed by atoms with E-state index in [0.717, 1.165) is 14.7 Å². The number of aryl methyl sites for hydroxylation is 2. The third kappa shape index (κ3) is 7.27. The average molecular weight is 543 g/mol. The Hall–Kier alpha value is -3.03. The summed E-state index contributed by atoms with van der Waals surface area (Å²) in [6.07, 6.45) is -3.72. The van der Waals surface area contributed by atoms with Crippen molar-refractivity contribution in [1.29, 1.82) is 0 Å². The summed E-state index contributed by atoms with van der Waals surface area (Å²) in [5.74, 6) is 0. The first-order valence-electron chi connectivity index (χ1n) is 11.6. The minimum atomic E-state index is -4.10. The average Bonchev–Trinajstić information content (AvgIpc) is 3.16. The highest BCUT2D eigenvalue weighted by atomic mass is 32.2. The molecule has 2 heterocycles. The van der Waals surface area contributed by atoms with E-state index < -0.39 is 64.8 Å². The second kappa shape index (κ2) is 11.2. The summed E-state index contributed by atoms with van der Waals surface area (Å²) in [6, 6.07) is 6.02. The van der Waals surface area contributed by atoms with E-state index in [-0.39, 0.29) is 23.4 Å². The van der Waals surface area contributed by atoms with Crippen LogP contribution in [0.2, 0.25) is 0 Å². The first-order valence-corrected chi connectivity index (χ1v) is 13.0. The largest absolute Gasteiger partial charge is 0.508 e. The molecule has 0 spiro atoms. The Morgan fingerprint density at radius 2 is 1.81 bits per heavy atom. The maximum atomic E-state index is 14.6. The van der Waals surface area contributed by atoms with Crippen LogP contribution in [0, 0.1) is 13.8 Å². The highest BCUT2D eigenvalue weighted by Gasteiger charge is 2.38. The molecule has 0 N–H and O–H groups in total. The van der Waals surface area contributed by atoms with Crippen molar-refractivity contribution in [3.8, 4) is 0 Å². The lowest BCUT2D eigenvalue weighted by molar-refractivity contribution is -0.0626. The molecular formula is C24H31FN2O9S. The van der Waals surface area contributed by atoms with Crippen LogP contribution in [0.3, 0.4) is 0 Å². The molecule has 1 aromatic carbocycles. The summed E-state index contributed by atoms with van der Waals surface area (Å²) < 4.78 is 61.9. The lowest BCUT2D eigenvalue weighted by Crippen LogP contribution is -2.43. The van der Waals surface area contributed by atoms with E-state index in [1.165, 1.54) is 25.3 Å². The van der Waals surface area contributed by atoms with Crippen LogP contribution < -0.4 is 11.2 Å². The van der Waals surface area contributed by atoms with Gasteiger partial charge >= 0.3 is 11.8 Å². The van der Waals surface area contributed by atoms with Gasteiger partial charge in [-0.25, -0.2) is 14.0 Å². The Balaban J connectivity index is 1.70. The fraction of sp³-hybridized carbons (Fsp3) is 0.542. The van der Waals surface area contributed by atoms with Gasteiger partial charge in [-0.1, -0.05) is 17.7 Å². The van der Waals surface area contributed by atoms with Crippen molar-refractivity contribution in [3.05, 3.63) is 62.4 Å². The topological polar surface area (TPSA) is 132 Å². The molecule has 0 bridgehead atoms. The molecule has 1 fully saturated rings. The monoisotopic (exact) mass is 542 g/mol. The summed E-state index contributed by atoms with van der Waals surface area (Å²) in [5, 5.41) is 0. The van der Waals surface area contributed by atoms with Crippen molar-refractivity contribution < 1.29 is 36.0 Å². The number of nitrogens with zero attached hydrogens (tertiary/aromatic N) is 2. The van der Waals surface area contributed by atoms with Crippen molar-refractivity contribution >= 4 is 16.3 Å². The number of alkyl halides is 1. The number of rotatable bonds is 8. The molecule has 204 valence electrons. The zero-order chi connectivity index (χ0) is 27.5. The van der Waals surface area contributed by atoms with Gasteiger partial charge in [-0.2, -0.15) is 8.42 Å². The first-order chi connectivity index (χ1) is 17.2. The van der Waals surface area contributed by atoms with E-state index >= 15 is 0 Å². The Morgan fingerprint density at radius 1 is 1.16 bits per heavy atom. The summed E-state index contributed by atoms with van der Waals surface area (Å²) in [4.78, 5) is 37.3. The number of aromatic nitrogens is 2. The number of ether oxygens (including phenoxy) is 3. The van der Waals surface area contributed by atoms with Crippen LogP contribution in [0.5, 0.6) is 0 Å². The number of halogens is 1. The van der Waals surface area contributed by atoms with Gasteiger partial charge in [0.15, 0.2) is 0 Å². The number of hydrogen-bond donors (Lipinski definition) is 0. The lowest BCUT2D eigenvalue weighted by atomic mass is 10.2. The standard InChI is InChI=1S/C24H31FN2O9S/c1-15-6-8-17(9-7-15)37(31,32)34-11-10-26-21(28)16(2)13-27(22(26)29)20-12-18(25)19(35-20)14-33-23(30)36-24(3,4)5/h6-9,13,18-20H,10-12,14H2,1-5H3/t18-,19?,20?/m0/s1. The van der Waals surface area contributed by atoms with Crippen LogP contribution in [0.4, 0.5) is 9.18 Å². The van der Waals surface area contributed by atoms with Crippen LogP contribution in [0.1, 0.15) is 44.5 Å². The smallest absolute Gasteiger partial charge is 0.431 e. The van der Waals surface area contributed by atoms with Gasteiger partial charge in [0.25, 0.3) is 15.7 Å². The molecule has 1 aliphatic heterocycles. The molecule has 2 unspecified atom stereocenters. The zero-order valence-electron chi connectivity index (χ0n) is 21.3.